The molecule has 6 nitrogen and oxygen atoms in total. The van der Waals surface area contributed by atoms with Gasteiger partial charge in [-0.2, -0.15) is 0 Å². The second kappa shape index (κ2) is 8.07. The maximum atomic E-state index is 12.4. The van der Waals surface area contributed by atoms with Crippen LogP contribution in [0, 0.1) is 0 Å². The van der Waals surface area contributed by atoms with Gasteiger partial charge in [-0.1, -0.05) is 41.4 Å². The zero-order valence-electron chi connectivity index (χ0n) is 13.6. The molecule has 138 valence electrons. The summed E-state index contributed by atoms with van der Waals surface area (Å²) in [5.74, 6) is -2.00. The molecule has 0 saturated heterocycles. The van der Waals surface area contributed by atoms with Gasteiger partial charge < -0.3 is 10.4 Å². The Bertz CT molecular complexity index is 939. The average molecular weight is 416 g/mol. The van der Waals surface area contributed by atoms with Gasteiger partial charge in [-0.3, -0.25) is 4.79 Å². The van der Waals surface area contributed by atoms with Crippen LogP contribution in [0.4, 0.5) is 0 Å². The number of carbonyl (C=O) groups is 2. The van der Waals surface area contributed by atoms with Crippen molar-refractivity contribution in [1.82, 2.24) is 5.32 Å². The molecule has 0 aromatic heterocycles. The Morgan fingerprint density at radius 1 is 1.12 bits per heavy atom. The fourth-order valence-corrected chi connectivity index (χ4v) is 3.54. The summed E-state index contributed by atoms with van der Waals surface area (Å²) in [5.41, 5.74) is 0.429. The molecule has 0 saturated carbocycles. The van der Waals surface area contributed by atoms with Crippen LogP contribution in [-0.2, 0) is 21.1 Å². The molecule has 0 bridgehead atoms. The minimum Gasteiger partial charge on any atom is -0.480 e. The molecule has 0 unspecified atom stereocenters. The molecular formula is C17H15Cl2NO5S. The van der Waals surface area contributed by atoms with Gasteiger partial charge in [0.1, 0.15) is 6.04 Å². The SMILES string of the molecule is CS(=O)(=O)c1cccc(C[C@H](NC(=O)c2c(Cl)cccc2Cl)C(=O)O)c1. The zero-order chi connectivity index (χ0) is 19.5. The Hall–Kier alpha value is -2.09. The van der Waals surface area contributed by atoms with E-state index >= 15 is 0 Å². The number of aliphatic carboxylic acids is 1. The van der Waals surface area contributed by atoms with Crippen LogP contribution in [0.1, 0.15) is 15.9 Å². The first-order valence-electron chi connectivity index (χ1n) is 7.36. The Kier molecular flexibility index (Phi) is 6.28. The van der Waals surface area contributed by atoms with E-state index in [4.69, 9.17) is 23.2 Å². The number of sulfone groups is 1. The highest BCUT2D eigenvalue weighted by Crippen LogP contribution is 2.24. The van der Waals surface area contributed by atoms with Gasteiger partial charge in [0.25, 0.3) is 5.91 Å². The number of amides is 1. The monoisotopic (exact) mass is 415 g/mol. The van der Waals surface area contributed by atoms with Crippen molar-refractivity contribution in [2.75, 3.05) is 6.26 Å². The molecule has 0 aliphatic carbocycles. The number of nitrogens with one attached hydrogen (secondary N) is 1. The van der Waals surface area contributed by atoms with Gasteiger partial charge in [-0.15, -0.1) is 0 Å². The molecule has 0 spiro atoms. The van der Waals surface area contributed by atoms with Gasteiger partial charge in [-0.25, -0.2) is 13.2 Å². The number of hydrogen-bond acceptors (Lipinski definition) is 4. The highest BCUT2D eigenvalue weighted by atomic mass is 35.5. The van der Waals surface area contributed by atoms with Crippen molar-refractivity contribution in [2.24, 2.45) is 0 Å². The van der Waals surface area contributed by atoms with Gasteiger partial charge in [-0.05, 0) is 29.8 Å². The van der Waals surface area contributed by atoms with E-state index in [1.165, 1.54) is 30.3 Å². The van der Waals surface area contributed by atoms with E-state index in [2.05, 4.69) is 5.32 Å². The van der Waals surface area contributed by atoms with Gasteiger partial charge in [0, 0.05) is 12.7 Å². The lowest BCUT2D eigenvalue weighted by Crippen LogP contribution is -2.42. The van der Waals surface area contributed by atoms with E-state index in [1.54, 1.807) is 12.1 Å². The first-order chi connectivity index (χ1) is 12.1. The molecule has 0 fully saturated rings. The number of benzene rings is 2. The van der Waals surface area contributed by atoms with Crippen LogP contribution in [0.3, 0.4) is 0 Å². The summed E-state index contributed by atoms with van der Waals surface area (Å²) in [7, 11) is -3.43. The Morgan fingerprint density at radius 2 is 1.69 bits per heavy atom. The quantitative estimate of drug-likeness (QED) is 0.755. The summed E-state index contributed by atoms with van der Waals surface area (Å²) in [6.45, 7) is 0. The Balaban J connectivity index is 2.25. The Labute approximate surface area is 160 Å². The molecule has 2 aromatic rings. The first-order valence-corrected chi connectivity index (χ1v) is 10.0. The number of rotatable bonds is 6. The fraction of sp³-hybridized carbons (Fsp3) is 0.176. The third-order valence-corrected chi connectivity index (χ3v) is 5.30. The van der Waals surface area contributed by atoms with Crippen molar-refractivity contribution in [1.29, 1.82) is 0 Å². The highest BCUT2D eigenvalue weighted by Gasteiger charge is 2.24. The van der Waals surface area contributed by atoms with Crippen molar-refractivity contribution >= 4 is 44.9 Å². The van der Waals surface area contributed by atoms with Crippen molar-refractivity contribution < 1.29 is 23.1 Å². The molecule has 1 atom stereocenters. The molecule has 2 rings (SSSR count). The van der Waals surface area contributed by atoms with Crippen molar-refractivity contribution in [2.45, 2.75) is 17.4 Å². The van der Waals surface area contributed by atoms with Crippen molar-refractivity contribution in [3.8, 4) is 0 Å². The summed E-state index contributed by atoms with van der Waals surface area (Å²) in [6.07, 6.45) is 0.953. The summed E-state index contributed by atoms with van der Waals surface area (Å²) >= 11 is 11.9. The van der Waals surface area contributed by atoms with E-state index in [1.807, 2.05) is 0 Å². The third kappa shape index (κ3) is 4.97. The van der Waals surface area contributed by atoms with Gasteiger partial charge in [0.15, 0.2) is 9.84 Å². The van der Waals surface area contributed by atoms with Gasteiger partial charge in [0.05, 0.1) is 20.5 Å². The average Bonchev–Trinajstić information content (AvgIpc) is 2.53. The maximum Gasteiger partial charge on any atom is 0.326 e. The lowest BCUT2D eigenvalue weighted by atomic mass is 10.1. The van der Waals surface area contributed by atoms with Crippen LogP contribution in [0.2, 0.25) is 10.0 Å². The summed E-state index contributed by atoms with van der Waals surface area (Å²) in [6, 6.07) is 9.09. The smallest absolute Gasteiger partial charge is 0.326 e. The number of carboxylic acids is 1. The van der Waals surface area contributed by atoms with Crippen LogP contribution in [-0.4, -0.2) is 37.7 Å². The summed E-state index contributed by atoms with van der Waals surface area (Å²) in [4.78, 5) is 24.0. The summed E-state index contributed by atoms with van der Waals surface area (Å²) in [5, 5.41) is 12.0. The minimum absolute atomic E-state index is 0.0213. The van der Waals surface area contributed by atoms with Crippen LogP contribution >= 0.6 is 23.2 Å². The van der Waals surface area contributed by atoms with E-state index in [0.29, 0.717) is 5.56 Å². The summed E-state index contributed by atoms with van der Waals surface area (Å²) < 4.78 is 23.3. The van der Waals surface area contributed by atoms with E-state index in [9.17, 15) is 23.1 Å². The van der Waals surface area contributed by atoms with E-state index in [-0.39, 0.29) is 26.9 Å². The second-order valence-electron chi connectivity index (χ2n) is 5.58. The number of carbonyl (C=O) groups excluding carboxylic acids is 1. The molecule has 0 radical (unpaired) electrons. The minimum atomic E-state index is -3.43. The molecule has 1 amide bonds. The Morgan fingerprint density at radius 3 is 2.23 bits per heavy atom. The van der Waals surface area contributed by atoms with Crippen LogP contribution in [0.25, 0.3) is 0 Å². The largest absolute Gasteiger partial charge is 0.480 e. The number of halogens is 2. The predicted molar refractivity (Wildman–Crippen MR) is 98.6 cm³/mol. The molecule has 0 heterocycles. The molecule has 2 N–H and O–H groups in total. The van der Waals surface area contributed by atoms with Crippen LogP contribution in [0.5, 0.6) is 0 Å². The van der Waals surface area contributed by atoms with E-state index < -0.39 is 27.8 Å². The standard InChI is InChI=1S/C17H15Cl2NO5S/c1-26(24,25)11-5-2-4-10(8-11)9-14(17(22)23)20-16(21)15-12(18)6-3-7-13(15)19/h2-8,14H,9H2,1H3,(H,20,21)(H,22,23)/t14-/m0/s1. The normalized spacial score (nSPS) is 12.4. The lowest BCUT2D eigenvalue weighted by molar-refractivity contribution is -0.139. The van der Waals surface area contributed by atoms with Gasteiger partial charge >= 0.3 is 5.97 Å². The fourth-order valence-electron chi connectivity index (χ4n) is 2.28. The maximum absolute atomic E-state index is 12.4. The molecule has 0 aliphatic heterocycles. The lowest BCUT2D eigenvalue weighted by Gasteiger charge is -2.16. The predicted octanol–water partition coefficient (Wildman–Crippen LogP) is 2.82. The highest BCUT2D eigenvalue weighted by molar-refractivity contribution is 7.90. The third-order valence-electron chi connectivity index (χ3n) is 3.56. The van der Waals surface area contributed by atoms with Gasteiger partial charge in [0.2, 0.25) is 0 Å². The van der Waals surface area contributed by atoms with Crippen LogP contribution < -0.4 is 5.32 Å². The molecule has 0 aliphatic rings. The van der Waals surface area contributed by atoms with E-state index in [0.717, 1.165) is 6.26 Å². The zero-order valence-corrected chi connectivity index (χ0v) is 15.9. The topological polar surface area (TPSA) is 101 Å². The molecular weight excluding hydrogens is 401 g/mol. The van der Waals surface area contributed by atoms with Crippen molar-refractivity contribution in [3.05, 3.63) is 63.6 Å². The number of hydrogen-bond donors (Lipinski definition) is 2. The molecule has 9 heteroatoms. The second-order valence-corrected chi connectivity index (χ2v) is 8.41. The molecule has 2 aromatic carbocycles. The first kappa shape index (κ1) is 20.2. The molecule has 26 heavy (non-hydrogen) atoms. The van der Waals surface area contributed by atoms with Crippen LogP contribution in [0.15, 0.2) is 47.4 Å². The van der Waals surface area contributed by atoms with Crippen molar-refractivity contribution in [3.63, 3.8) is 0 Å². The number of carboxylic acid groups (broad SMARTS) is 1.